The highest BCUT2D eigenvalue weighted by Gasteiger charge is 2.05. The van der Waals surface area contributed by atoms with Gasteiger partial charge in [0.1, 0.15) is 17.4 Å². The highest BCUT2D eigenvalue weighted by Crippen LogP contribution is 2.19. The third-order valence-corrected chi connectivity index (χ3v) is 5.02. The molecule has 1 aromatic heterocycles. The molecule has 0 saturated heterocycles. The minimum atomic E-state index is 0. The minimum absolute atomic E-state index is 0. The van der Waals surface area contributed by atoms with Crippen LogP contribution in [0, 0.1) is 0 Å². The number of likely N-dealkylation sites (N-methyl/N-ethyl adjacent to an activating group) is 1. The van der Waals surface area contributed by atoms with Gasteiger partial charge in [-0.15, -0.1) is 35.3 Å². The summed E-state index contributed by atoms with van der Waals surface area (Å²) < 4.78 is 5.92. The molecule has 6 nitrogen and oxygen atoms in total. The maximum absolute atomic E-state index is 5.92. The molecular weight excluding hydrogens is 485 g/mol. The average Bonchev–Trinajstić information content (AvgIpc) is 3.13. The quantitative estimate of drug-likeness (QED) is 0.287. The lowest BCUT2D eigenvalue weighted by molar-refractivity contribution is 0.259. The van der Waals surface area contributed by atoms with Gasteiger partial charge in [-0.2, -0.15) is 0 Å². The molecule has 0 spiro atoms. The fraction of sp³-hybridized carbons (Fsp3) is 0.500. The van der Waals surface area contributed by atoms with Crippen molar-refractivity contribution in [3.8, 4) is 5.75 Å². The van der Waals surface area contributed by atoms with Crippen molar-refractivity contribution in [2.24, 2.45) is 4.99 Å². The topological polar surface area (TPSA) is 61.8 Å². The van der Waals surface area contributed by atoms with Crippen molar-refractivity contribution in [2.45, 2.75) is 33.4 Å². The van der Waals surface area contributed by atoms with E-state index in [4.69, 9.17) is 9.73 Å². The highest BCUT2D eigenvalue weighted by atomic mass is 127. The SMILES string of the molecule is CCNC(=NCc1ccccc1OCCN(C)C)NCc1ncc(CC)s1.I. The van der Waals surface area contributed by atoms with Gasteiger partial charge in [-0.05, 0) is 33.5 Å². The number of thiazole rings is 1. The lowest BCUT2D eigenvalue weighted by Crippen LogP contribution is -2.36. The Bertz CT molecular complexity index is 720. The number of nitrogens with zero attached hydrogens (tertiary/aromatic N) is 3. The first-order chi connectivity index (χ1) is 13.1. The van der Waals surface area contributed by atoms with E-state index in [0.717, 1.165) is 41.8 Å². The molecule has 2 rings (SSSR count). The molecular formula is C20H32IN5OS. The first-order valence-electron chi connectivity index (χ1n) is 9.43. The molecule has 28 heavy (non-hydrogen) atoms. The molecule has 0 unspecified atom stereocenters. The van der Waals surface area contributed by atoms with E-state index in [1.165, 1.54) is 4.88 Å². The number of ether oxygens (including phenoxy) is 1. The van der Waals surface area contributed by atoms with Crippen molar-refractivity contribution in [3.05, 3.63) is 45.9 Å². The monoisotopic (exact) mass is 517 g/mol. The van der Waals surface area contributed by atoms with Gasteiger partial charge < -0.3 is 20.3 Å². The summed E-state index contributed by atoms with van der Waals surface area (Å²) in [4.78, 5) is 12.6. The maximum Gasteiger partial charge on any atom is 0.191 e. The number of hydrogen-bond acceptors (Lipinski definition) is 5. The summed E-state index contributed by atoms with van der Waals surface area (Å²) in [5.41, 5.74) is 1.08. The summed E-state index contributed by atoms with van der Waals surface area (Å²) in [6.07, 6.45) is 2.98. The van der Waals surface area contributed by atoms with E-state index in [9.17, 15) is 0 Å². The van der Waals surface area contributed by atoms with Crippen LogP contribution in [-0.2, 0) is 19.5 Å². The van der Waals surface area contributed by atoms with E-state index < -0.39 is 0 Å². The van der Waals surface area contributed by atoms with E-state index in [0.29, 0.717) is 19.7 Å². The van der Waals surface area contributed by atoms with Gasteiger partial charge in [-0.3, -0.25) is 0 Å². The van der Waals surface area contributed by atoms with E-state index in [-0.39, 0.29) is 24.0 Å². The molecule has 0 aliphatic carbocycles. The molecule has 8 heteroatoms. The number of aryl methyl sites for hydroxylation is 1. The average molecular weight is 517 g/mol. The predicted octanol–water partition coefficient (Wildman–Crippen LogP) is 3.52. The molecule has 0 aliphatic rings. The molecule has 0 fully saturated rings. The van der Waals surface area contributed by atoms with Crippen LogP contribution in [0.4, 0.5) is 0 Å². The lowest BCUT2D eigenvalue weighted by atomic mass is 10.2. The Morgan fingerprint density at radius 3 is 2.68 bits per heavy atom. The fourth-order valence-corrected chi connectivity index (χ4v) is 3.17. The summed E-state index contributed by atoms with van der Waals surface area (Å²) in [6.45, 7) is 7.81. The molecule has 0 radical (unpaired) electrons. The summed E-state index contributed by atoms with van der Waals surface area (Å²) in [6, 6.07) is 8.08. The van der Waals surface area contributed by atoms with Gasteiger partial charge in [0.25, 0.3) is 0 Å². The zero-order valence-corrected chi connectivity index (χ0v) is 20.3. The molecule has 0 bridgehead atoms. The molecule has 0 atom stereocenters. The van der Waals surface area contributed by atoms with Crippen molar-refractivity contribution in [2.75, 3.05) is 33.8 Å². The van der Waals surface area contributed by atoms with Crippen LogP contribution in [0.5, 0.6) is 5.75 Å². The minimum Gasteiger partial charge on any atom is -0.492 e. The van der Waals surface area contributed by atoms with Gasteiger partial charge in [-0.25, -0.2) is 9.98 Å². The second kappa shape index (κ2) is 13.7. The maximum atomic E-state index is 5.92. The summed E-state index contributed by atoms with van der Waals surface area (Å²) >= 11 is 1.74. The molecule has 2 N–H and O–H groups in total. The van der Waals surface area contributed by atoms with Gasteiger partial charge in [-0.1, -0.05) is 25.1 Å². The number of para-hydroxylation sites is 1. The van der Waals surface area contributed by atoms with Crippen molar-refractivity contribution in [1.82, 2.24) is 20.5 Å². The normalized spacial score (nSPS) is 11.2. The summed E-state index contributed by atoms with van der Waals surface area (Å²) in [5, 5.41) is 7.73. The van der Waals surface area contributed by atoms with Crippen molar-refractivity contribution < 1.29 is 4.74 Å². The molecule has 2 aromatic rings. The Balaban J connectivity index is 0.00000392. The predicted molar refractivity (Wildman–Crippen MR) is 129 cm³/mol. The number of hydrogen-bond donors (Lipinski definition) is 2. The third-order valence-electron chi connectivity index (χ3n) is 3.88. The van der Waals surface area contributed by atoms with Gasteiger partial charge in [0.15, 0.2) is 5.96 Å². The largest absolute Gasteiger partial charge is 0.492 e. The van der Waals surface area contributed by atoms with Gasteiger partial charge in [0, 0.05) is 29.7 Å². The second-order valence-corrected chi connectivity index (χ2v) is 7.58. The lowest BCUT2D eigenvalue weighted by Gasteiger charge is -2.14. The number of aromatic nitrogens is 1. The Hall–Kier alpha value is -1.39. The van der Waals surface area contributed by atoms with E-state index in [1.807, 2.05) is 38.5 Å². The Morgan fingerprint density at radius 2 is 2.00 bits per heavy atom. The highest BCUT2D eigenvalue weighted by molar-refractivity contribution is 14.0. The van der Waals surface area contributed by atoms with E-state index >= 15 is 0 Å². The first-order valence-corrected chi connectivity index (χ1v) is 10.2. The van der Waals surface area contributed by atoms with Crippen LogP contribution in [0.1, 0.15) is 29.3 Å². The third kappa shape index (κ3) is 8.74. The molecule has 1 aromatic carbocycles. The van der Waals surface area contributed by atoms with Crippen LogP contribution < -0.4 is 15.4 Å². The van der Waals surface area contributed by atoms with Crippen molar-refractivity contribution in [3.63, 3.8) is 0 Å². The van der Waals surface area contributed by atoms with Crippen LogP contribution in [0.2, 0.25) is 0 Å². The molecule has 1 heterocycles. The summed E-state index contributed by atoms with van der Waals surface area (Å²) in [5.74, 6) is 1.68. The van der Waals surface area contributed by atoms with Crippen LogP contribution in [0.15, 0.2) is 35.5 Å². The molecule has 0 amide bonds. The van der Waals surface area contributed by atoms with Crippen LogP contribution in [-0.4, -0.2) is 49.6 Å². The zero-order valence-electron chi connectivity index (χ0n) is 17.2. The fourth-order valence-electron chi connectivity index (χ4n) is 2.37. The number of nitrogens with one attached hydrogen (secondary N) is 2. The van der Waals surface area contributed by atoms with E-state index in [2.05, 4.69) is 40.4 Å². The zero-order chi connectivity index (χ0) is 19.5. The number of guanidine groups is 1. The molecule has 156 valence electrons. The Kier molecular flexibility index (Phi) is 12.1. The van der Waals surface area contributed by atoms with Crippen LogP contribution >= 0.6 is 35.3 Å². The molecule has 0 aliphatic heterocycles. The van der Waals surface area contributed by atoms with E-state index in [1.54, 1.807) is 11.3 Å². The first kappa shape index (κ1) is 24.6. The van der Waals surface area contributed by atoms with Gasteiger partial charge in [0.2, 0.25) is 0 Å². The standard InChI is InChI=1S/C20H31N5OS.HI/c1-5-17-14-22-19(27-17)15-24-20(21-6-2)23-13-16-9-7-8-10-18(16)26-12-11-25(3)4;/h7-10,14H,5-6,11-13,15H2,1-4H3,(H2,21,23,24);1H. The molecule has 0 saturated carbocycles. The number of halogens is 1. The summed E-state index contributed by atoms with van der Waals surface area (Å²) in [7, 11) is 4.08. The van der Waals surface area contributed by atoms with Crippen LogP contribution in [0.3, 0.4) is 0 Å². The smallest absolute Gasteiger partial charge is 0.191 e. The van der Waals surface area contributed by atoms with Crippen molar-refractivity contribution >= 4 is 41.3 Å². The number of aliphatic imine (C=N–C) groups is 1. The van der Waals surface area contributed by atoms with Gasteiger partial charge >= 0.3 is 0 Å². The van der Waals surface area contributed by atoms with Crippen molar-refractivity contribution in [1.29, 1.82) is 0 Å². The second-order valence-electron chi connectivity index (χ2n) is 6.38. The number of rotatable bonds is 10. The van der Waals surface area contributed by atoms with Gasteiger partial charge in [0.05, 0.1) is 13.1 Å². The Morgan fingerprint density at radius 1 is 1.21 bits per heavy atom. The van der Waals surface area contributed by atoms with Crippen LogP contribution in [0.25, 0.3) is 0 Å². The number of benzene rings is 1. The Labute approximate surface area is 189 Å².